The molecule has 1 N–H and O–H groups in total. The van der Waals surface area contributed by atoms with Gasteiger partial charge in [-0.05, 0) is 60.2 Å². The number of aryl methyl sites for hydroxylation is 2. The van der Waals surface area contributed by atoms with E-state index >= 15 is 0 Å². The number of hydrogen-bond acceptors (Lipinski definition) is 2. The highest BCUT2D eigenvalue weighted by atomic mass is 127. The van der Waals surface area contributed by atoms with E-state index in [4.69, 9.17) is 0 Å². The molecule has 0 radical (unpaired) electrons. The number of hydrogen-bond donors (Lipinski definition) is 1. The second-order valence-electron chi connectivity index (χ2n) is 4.13. The standard InChI is InChI=1S/C14H13IN2O/c1-9-3-4-10(2)12(7-9)14(18)17-13-6-5-11(15)8-16-13/h3-8H,1-2H3,(H,16,17,18). The molecule has 0 saturated carbocycles. The highest BCUT2D eigenvalue weighted by Crippen LogP contribution is 2.13. The summed E-state index contributed by atoms with van der Waals surface area (Å²) in [4.78, 5) is 16.3. The Balaban J connectivity index is 2.21. The van der Waals surface area contributed by atoms with Crippen LogP contribution in [0.4, 0.5) is 5.82 Å². The van der Waals surface area contributed by atoms with Gasteiger partial charge in [-0.25, -0.2) is 4.98 Å². The van der Waals surface area contributed by atoms with Gasteiger partial charge in [0.25, 0.3) is 5.91 Å². The third-order valence-corrected chi connectivity index (χ3v) is 3.24. The summed E-state index contributed by atoms with van der Waals surface area (Å²) in [6.45, 7) is 3.90. The number of amides is 1. The Morgan fingerprint density at radius 3 is 2.67 bits per heavy atom. The van der Waals surface area contributed by atoms with Crippen molar-refractivity contribution in [2.24, 2.45) is 0 Å². The minimum absolute atomic E-state index is 0.120. The third-order valence-electron chi connectivity index (χ3n) is 2.61. The summed E-state index contributed by atoms with van der Waals surface area (Å²) in [6, 6.07) is 9.54. The Kier molecular flexibility index (Phi) is 3.96. The first-order chi connectivity index (χ1) is 8.56. The van der Waals surface area contributed by atoms with Crippen LogP contribution >= 0.6 is 22.6 Å². The first-order valence-electron chi connectivity index (χ1n) is 5.56. The number of aromatic nitrogens is 1. The lowest BCUT2D eigenvalue weighted by Gasteiger charge is -2.08. The lowest BCUT2D eigenvalue weighted by Crippen LogP contribution is -2.14. The topological polar surface area (TPSA) is 42.0 Å². The van der Waals surface area contributed by atoms with Crippen molar-refractivity contribution in [3.63, 3.8) is 0 Å². The van der Waals surface area contributed by atoms with Crippen molar-refractivity contribution < 1.29 is 4.79 Å². The largest absolute Gasteiger partial charge is 0.307 e. The molecule has 0 aliphatic rings. The van der Waals surface area contributed by atoms with Crippen molar-refractivity contribution in [1.29, 1.82) is 0 Å². The Morgan fingerprint density at radius 2 is 2.00 bits per heavy atom. The van der Waals surface area contributed by atoms with Gasteiger partial charge >= 0.3 is 0 Å². The van der Waals surface area contributed by atoms with E-state index in [2.05, 4.69) is 32.9 Å². The molecule has 92 valence electrons. The molecule has 0 aliphatic carbocycles. The van der Waals surface area contributed by atoms with Crippen LogP contribution in [0.2, 0.25) is 0 Å². The van der Waals surface area contributed by atoms with E-state index in [1.807, 2.05) is 38.1 Å². The van der Waals surface area contributed by atoms with Crippen molar-refractivity contribution in [2.45, 2.75) is 13.8 Å². The Bertz CT molecular complexity index is 579. The summed E-state index contributed by atoms with van der Waals surface area (Å²) >= 11 is 2.18. The van der Waals surface area contributed by atoms with E-state index in [-0.39, 0.29) is 5.91 Å². The zero-order valence-electron chi connectivity index (χ0n) is 10.2. The van der Waals surface area contributed by atoms with E-state index in [9.17, 15) is 4.79 Å². The summed E-state index contributed by atoms with van der Waals surface area (Å²) in [5, 5.41) is 2.80. The molecule has 0 spiro atoms. The Labute approximate surface area is 120 Å². The zero-order chi connectivity index (χ0) is 13.1. The van der Waals surface area contributed by atoms with Gasteiger partial charge in [0.2, 0.25) is 0 Å². The number of benzene rings is 1. The summed E-state index contributed by atoms with van der Waals surface area (Å²) in [6.07, 6.45) is 1.72. The number of carbonyl (C=O) groups excluding carboxylic acids is 1. The summed E-state index contributed by atoms with van der Waals surface area (Å²) in [5.74, 6) is 0.450. The van der Waals surface area contributed by atoms with Crippen LogP contribution in [0.3, 0.4) is 0 Å². The number of rotatable bonds is 2. The number of nitrogens with one attached hydrogen (secondary N) is 1. The van der Waals surface area contributed by atoms with Crippen LogP contribution in [0.5, 0.6) is 0 Å². The first kappa shape index (κ1) is 13.0. The molecule has 2 rings (SSSR count). The predicted octanol–water partition coefficient (Wildman–Crippen LogP) is 3.56. The molecule has 0 unspecified atom stereocenters. The van der Waals surface area contributed by atoms with Gasteiger partial charge in [0.15, 0.2) is 0 Å². The highest BCUT2D eigenvalue weighted by molar-refractivity contribution is 14.1. The minimum Gasteiger partial charge on any atom is -0.307 e. The maximum absolute atomic E-state index is 12.1. The number of carbonyl (C=O) groups is 1. The molecule has 1 aromatic heterocycles. The molecule has 1 aromatic carbocycles. The van der Waals surface area contributed by atoms with Crippen molar-refractivity contribution in [3.05, 3.63) is 56.8 Å². The molecule has 0 aliphatic heterocycles. The third kappa shape index (κ3) is 3.07. The molecule has 0 fully saturated rings. The predicted molar refractivity (Wildman–Crippen MR) is 80.8 cm³/mol. The second-order valence-corrected chi connectivity index (χ2v) is 5.38. The second kappa shape index (κ2) is 5.48. The monoisotopic (exact) mass is 352 g/mol. The molecule has 18 heavy (non-hydrogen) atoms. The van der Waals surface area contributed by atoms with Gasteiger partial charge in [0, 0.05) is 15.3 Å². The Hall–Kier alpha value is -1.43. The van der Waals surface area contributed by atoms with E-state index in [1.165, 1.54) is 0 Å². The molecule has 1 heterocycles. The maximum Gasteiger partial charge on any atom is 0.257 e. The van der Waals surface area contributed by atoms with Crippen molar-refractivity contribution in [3.8, 4) is 0 Å². The minimum atomic E-state index is -0.120. The van der Waals surface area contributed by atoms with Gasteiger partial charge in [-0.1, -0.05) is 17.7 Å². The molecular formula is C14H13IN2O. The van der Waals surface area contributed by atoms with Crippen LogP contribution in [0.15, 0.2) is 36.5 Å². The molecule has 0 atom stereocenters. The lowest BCUT2D eigenvalue weighted by atomic mass is 10.1. The van der Waals surface area contributed by atoms with Crippen molar-refractivity contribution >= 4 is 34.3 Å². The SMILES string of the molecule is Cc1ccc(C)c(C(=O)Nc2ccc(I)cn2)c1. The van der Waals surface area contributed by atoms with Crippen LogP contribution in [0, 0.1) is 17.4 Å². The quantitative estimate of drug-likeness (QED) is 0.840. The highest BCUT2D eigenvalue weighted by Gasteiger charge is 2.09. The van der Waals surface area contributed by atoms with Gasteiger partial charge in [-0.2, -0.15) is 0 Å². The number of nitrogens with zero attached hydrogens (tertiary/aromatic N) is 1. The fourth-order valence-corrected chi connectivity index (χ4v) is 1.93. The number of anilines is 1. The van der Waals surface area contributed by atoms with E-state index in [1.54, 1.807) is 12.3 Å². The molecule has 1 amide bonds. The van der Waals surface area contributed by atoms with Crippen molar-refractivity contribution in [1.82, 2.24) is 4.98 Å². The molecule has 2 aromatic rings. The van der Waals surface area contributed by atoms with Crippen LogP contribution < -0.4 is 5.32 Å². The average Bonchev–Trinajstić information content (AvgIpc) is 2.35. The van der Waals surface area contributed by atoms with Gasteiger partial charge in [0.1, 0.15) is 5.82 Å². The molecule has 0 saturated heterocycles. The van der Waals surface area contributed by atoms with Gasteiger partial charge < -0.3 is 5.32 Å². The number of pyridine rings is 1. The molecule has 0 bridgehead atoms. The molecule has 3 nitrogen and oxygen atoms in total. The van der Waals surface area contributed by atoms with Crippen LogP contribution in [-0.2, 0) is 0 Å². The molecular weight excluding hydrogens is 339 g/mol. The van der Waals surface area contributed by atoms with Crippen LogP contribution in [0.25, 0.3) is 0 Å². The smallest absolute Gasteiger partial charge is 0.257 e. The fraction of sp³-hybridized carbons (Fsp3) is 0.143. The van der Waals surface area contributed by atoms with Crippen LogP contribution in [0.1, 0.15) is 21.5 Å². The van der Waals surface area contributed by atoms with Crippen molar-refractivity contribution in [2.75, 3.05) is 5.32 Å². The maximum atomic E-state index is 12.1. The van der Waals surface area contributed by atoms with E-state index < -0.39 is 0 Å². The average molecular weight is 352 g/mol. The Morgan fingerprint density at radius 1 is 1.22 bits per heavy atom. The van der Waals surface area contributed by atoms with Crippen LogP contribution in [-0.4, -0.2) is 10.9 Å². The lowest BCUT2D eigenvalue weighted by molar-refractivity contribution is 0.102. The van der Waals surface area contributed by atoms with Gasteiger partial charge in [-0.15, -0.1) is 0 Å². The van der Waals surface area contributed by atoms with Gasteiger partial charge in [-0.3, -0.25) is 4.79 Å². The zero-order valence-corrected chi connectivity index (χ0v) is 12.4. The summed E-state index contributed by atoms with van der Waals surface area (Å²) < 4.78 is 1.04. The summed E-state index contributed by atoms with van der Waals surface area (Å²) in [5.41, 5.74) is 2.72. The summed E-state index contributed by atoms with van der Waals surface area (Å²) in [7, 11) is 0. The normalized spacial score (nSPS) is 10.2. The van der Waals surface area contributed by atoms with Gasteiger partial charge in [0.05, 0.1) is 0 Å². The first-order valence-corrected chi connectivity index (χ1v) is 6.64. The fourth-order valence-electron chi connectivity index (χ4n) is 1.61. The van der Waals surface area contributed by atoms with E-state index in [0.717, 1.165) is 14.7 Å². The number of halogens is 1. The van der Waals surface area contributed by atoms with E-state index in [0.29, 0.717) is 11.4 Å². The molecule has 4 heteroatoms.